The van der Waals surface area contributed by atoms with E-state index in [2.05, 4.69) is 21.7 Å². The molecule has 1 atom stereocenters. The van der Waals surface area contributed by atoms with Crippen LogP contribution in [-0.2, 0) is 10.0 Å². The lowest BCUT2D eigenvalue weighted by molar-refractivity contribution is 0.0396. The van der Waals surface area contributed by atoms with E-state index in [1.165, 1.54) is 17.1 Å². The molecule has 31 heavy (non-hydrogen) atoms. The summed E-state index contributed by atoms with van der Waals surface area (Å²) >= 11 is 0. The van der Waals surface area contributed by atoms with Gasteiger partial charge in [0.15, 0.2) is 5.96 Å². The minimum absolute atomic E-state index is 0. The van der Waals surface area contributed by atoms with Crippen molar-refractivity contribution in [3.8, 4) is 5.75 Å². The van der Waals surface area contributed by atoms with E-state index in [4.69, 9.17) is 4.74 Å². The number of nitrogens with zero attached hydrogens (tertiary/aromatic N) is 2. The summed E-state index contributed by atoms with van der Waals surface area (Å²) in [6, 6.07) is 8.28. The molecule has 0 saturated heterocycles. The average Bonchev–Trinajstić information content (AvgIpc) is 3.16. The van der Waals surface area contributed by atoms with E-state index in [1.54, 1.807) is 0 Å². The number of nitrogens with one attached hydrogen (secondary N) is 2. The van der Waals surface area contributed by atoms with E-state index in [9.17, 15) is 8.42 Å². The van der Waals surface area contributed by atoms with Gasteiger partial charge in [-0.25, -0.2) is 12.7 Å². The van der Waals surface area contributed by atoms with Crippen molar-refractivity contribution in [2.24, 2.45) is 4.99 Å². The van der Waals surface area contributed by atoms with Crippen LogP contribution in [0.3, 0.4) is 0 Å². The first-order chi connectivity index (χ1) is 14.4. The number of hydrogen-bond acceptors (Lipinski definition) is 4. The lowest BCUT2D eigenvalue weighted by atomic mass is 9.86. The van der Waals surface area contributed by atoms with Crippen LogP contribution < -0.4 is 15.4 Å². The highest BCUT2D eigenvalue weighted by atomic mass is 127. The Bertz CT molecular complexity index is 837. The molecule has 1 unspecified atom stereocenters. The summed E-state index contributed by atoms with van der Waals surface area (Å²) < 4.78 is 32.8. The highest BCUT2D eigenvalue weighted by molar-refractivity contribution is 14.0. The minimum atomic E-state index is -3.28. The molecule has 0 amide bonds. The maximum Gasteiger partial charge on any atom is 0.215 e. The van der Waals surface area contributed by atoms with Crippen LogP contribution in [0.1, 0.15) is 64.5 Å². The summed E-state index contributed by atoms with van der Waals surface area (Å²) in [5.41, 5.74) is 1.03. The van der Waals surface area contributed by atoms with Crippen molar-refractivity contribution in [2.45, 2.75) is 64.5 Å². The van der Waals surface area contributed by atoms with Crippen LogP contribution in [0, 0.1) is 0 Å². The zero-order valence-electron chi connectivity index (χ0n) is 18.9. The van der Waals surface area contributed by atoms with Crippen molar-refractivity contribution in [1.82, 2.24) is 14.9 Å². The fraction of sp³-hybridized carbons (Fsp3) is 0.682. The van der Waals surface area contributed by atoms with Crippen molar-refractivity contribution in [1.29, 1.82) is 0 Å². The monoisotopic (exact) mass is 564 g/mol. The summed E-state index contributed by atoms with van der Waals surface area (Å²) in [6.07, 6.45) is 5.45. The van der Waals surface area contributed by atoms with Crippen LogP contribution in [0.4, 0.5) is 0 Å². The second kappa shape index (κ2) is 11.7. The predicted octanol–water partition coefficient (Wildman–Crippen LogP) is 3.67. The third-order valence-corrected chi connectivity index (χ3v) is 8.09. The van der Waals surface area contributed by atoms with Gasteiger partial charge in [0.05, 0.1) is 18.3 Å². The largest absolute Gasteiger partial charge is 0.487 e. The minimum Gasteiger partial charge on any atom is -0.487 e. The van der Waals surface area contributed by atoms with Gasteiger partial charge in [-0.05, 0) is 38.7 Å². The average molecular weight is 565 g/mol. The number of hydrogen-bond donors (Lipinski definition) is 2. The number of guanidine groups is 1. The van der Waals surface area contributed by atoms with Gasteiger partial charge in [0.2, 0.25) is 10.0 Å². The smallest absolute Gasteiger partial charge is 0.215 e. The SMILES string of the molecule is CCNC(=NCCS(=O)(=O)N(CC)CC)NC1CC2(CCCC2)Oc2ccccc21.I. The second-order valence-electron chi connectivity index (χ2n) is 8.09. The molecular weight excluding hydrogens is 527 g/mol. The van der Waals surface area contributed by atoms with Gasteiger partial charge in [0.25, 0.3) is 0 Å². The van der Waals surface area contributed by atoms with E-state index in [0.717, 1.165) is 30.6 Å². The molecule has 1 aromatic rings. The molecule has 1 aliphatic carbocycles. The molecular formula is C22H37IN4O3S. The van der Waals surface area contributed by atoms with Crippen LogP contribution in [0.25, 0.3) is 0 Å². The normalized spacial score (nSPS) is 20.1. The molecule has 0 bridgehead atoms. The van der Waals surface area contributed by atoms with Crippen LogP contribution in [-0.4, -0.2) is 56.2 Å². The number of rotatable bonds is 8. The summed E-state index contributed by atoms with van der Waals surface area (Å²) in [5, 5.41) is 6.83. The number of fused-ring (bicyclic) bond motifs is 1. The van der Waals surface area contributed by atoms with Gasteiger partial charge in [-0.15, -0.1) is 24.0 Å². The van der Waals surface area contributed by atoms with E-state index in [0.29, 0.717) is 25.6 Å². The molecule has 1 saturated carbocycles. The molecule has 3 rings (SSSR count). The van der Waals surface area contributed by atoms with E-state index in [-0.39, 0.29) is 47.9 Å². The van der Waals surface area contributed by atoms with Gasteiger partial charge in [0.1, 0.15) is 11.4 Å². The zero-order valence-corrected chi connectivity index (χ0v) is 22.0. The summed E-state index contributed by atoms with van der Waals surface area (Å²) in [5.74, 6) is 1.62. The van der Waals surface area contributed by atoms with Crippen molar-refractivity contribution >= 4 is 40.0 Å². The van der Waals surface area contributed by atoms with Gasteiger partial charge < -0.3 is 15.4 Å². The van der Waals surface area contributed by atoms with Gasteiger partial charge in [-0.2, -0.15) is 0 Å². The predicted molar refractivity (Wildman–Crippen MR) is 137 cm³/mol. The third-order valence-electron chi connectivity index (χ3n) is 6.08. The van der Waals surface area contributed by atoms with Gasteiger partial charge >= 0.3 is 0 Å². The maximum absolute atomic E-state index is 12.5. The zero-order chi connectivity index (χ0) is 21.6. The topological polar surface area (TPSA) is 83.0 Å². The number of halogens is 1. The fourth-order valence-electron chi connectivity index (χ4n) is 4.58. The summed E-state index contributed by atoms with van der Waals surface area (Å²) in [4.78, 5) is 4.58. The van der Waals surface area contributed by atoms with Crippen LogP contribution in [0.5, 0.6) is 5.75 Å². The molecule has 1 heterocycles. The van der Waals surface area contributed by atoms with E-state index < -0.39 is 10.0 Å². The molecule has 1 spiro atoms. The molecule has 1 aliphatic heterocycles. The Morgan fingerprint density at radius 2 is 1.87 bits per heavy atom. The molecule has 2 aliphatic rings. The maximum atomic E-state index is 12.5. The number of ether oxygens (including phenoxy) is 1. The molecule has 0 aromatic heterocycles. The van der Waals surface area contributed by atoms with Crippen molar-refractivity contribution in [3.05, 3.63) is 29.8 Å². The van der Waals surface area contributed by atoms with E-state index in [1.807, 2.05) is 39.0 Å². The van der Waals surface area contributed by atoms with Crippen molar-refractivity contribution in [2.75, 3.05) is 31.9 Å². The quantitative estimate of drug-likeness (QED) is 0.286. The number of aliphatic imine (C=N–C) groups is 1. The van der Waals surface area contributed by atoms with Crippen LogP contribution in [0.2, 0.25) is 0 Å². The Kier molecular flexibility index (Phi) is 9.88. The third kappa shape index (κ3) is 6.47. The Labute approximate surface area is 204 Å². The highest BCUT2D eigenvalue weighted by Crippen LogP contribution is 2.46. The number of para-hydroxylation sites is 1. The molecule has 176 valence electrons. The highest BCUT2D eigenvalue weighted by Gasteiger charge is 2.43. The molecule has 9 heteroatoms. The van der Waals surface area contributed by atoms with Gasteiger partial charge in [-0.3, -0.25) is 4.99 Å². The first kappa shape index (κ1) is 26.2. The lowest BCUT2D eigenvalue weighted by Crippen LogP contribution is -2.46. The Hall–Kier alpha value is -1.07. The second-order valence-corrected chi connectivity index (χ2v) is 10.2. The first-order valence-electron chi connectivity index (χ1n) is 11.2. The summed E-state index contributed by atoms with van der Waals surface area (Å²) in [6.45, 7) is 7.65. The fourth-order valence-corrected chi connectivity index (χ4v) is 5.94. The summed E-state index contributed by atoms with van der Waals surface area (Å²) in [7, 11) is -3.28. The van der Waals surface area contributed by atoms with Gasteiger partial charge in [-0.1, -0.05) is 32.0 Å². The Morgan fingerprint density at radius 1 is 1.19 bits per heavy atom. The molecule has 1 aromatic carbocycles. The van der Waals surface area contributed by atoms with Gasteiger partial charge in [0, 0.05) is 31.6 Å². The van der Waals surface area contributed by atoms with Crippen molar-refractivity contribution < 1.29 is 13.2 Å². The first-order valence-corrected chi connectivity index (χ1v) is 12.8. The Morgan fingerprint density at radius 3 is 2.52 bits per heavy atom. The standard InChI is InChI=1S/C22H36N4O3S.HI/c1-4-23-21(24-15-16-30(27,28)26(5-2)6-3)25-19-17-22(13-9-10-14-22)29-20-12-8-7-11-18(19)20;/h7-8,11-12,19H,4-6,9-10,13-17H2,1-3H3,(H2,23,24,25);1H. The van der Waals surface area contributed by atoms with Crippen molar-refractivity contribution in [3.63, 3.8) is 0 Å². The van der Waals surface area contributed by atoms with E-state index >= 15 is 0 Å². The molecule has 0 radical (unpaired) electrons. The molecule has 7 nitrogen and oxygen atoms in total. The molecule has 1 fully saturated rings. The molecule has 2 N–H and O–H groups in total. The number of sulfonamides is 1. The number of benzene rings is 1. The Balaban J connectivity index is 0.00000341. The van der Waals surface area contributed by atoms with Crippen LogP contribution >= 0.6 is 24.0 Å². The van der Waals surface area contributed by atoms with Crippen LogP contribution in [0.15, 0.2) is 29.3 Å². The lowest BCUT2D eigenvalue weighted by Gasteiger charge is -2.40.